The van der Waals surface area contributed by atoms with Gasteiger partial charge in [0.15, 0.2) is 0 Å². The van der Waals surface area contributed by atoms with E-state index in [1.165, 1.54) is 5.56 Å². The number of rotatable bonds is 3. The zero-order valence-electron chi connectivity index (χ0n) is 13.0. The van der Waals surface area contributed by atoms with E-state index in [0.717, 1.165) is 25.1 Å². The number of fused-ring (bicyclic) bond motifs is 1. The number of amides is 1. The summed E-state index contributed by atoms with van der Waals surface area (Å²) in [6.07, 6.45) is 1.80. The molecule has 110 valence electrons. The lowest BCUT2D eigenvalue weighted by Crippen LogP contribution is -2.43. The molecule has 0 spiro atoms. The second-order valence-electron chi connectivity index (χ2n) is 6.91. The van der Waals surface area contributed by atoms with Crippen molar-refractivity contribution in [2.45, 2.75) is 46.6 Å². The molecule has 1 aliphatic heterocycles. The Labute approximate surface area is 122 Å². The van der Waals surface area contributed by atoms with Crippen LogP contribution in [0.2, 0.25) is 0 Å². The van der Waals surface area contributed by atoms with Crippen molar-refractivity contribution < 1.29 is 4.79 Å². The molecular weight excluding hydrogens is 248 g/mol. The summed E-state index contributed by atoms with van der Waals surface area (Å²) >= 11 is 0. The predicted octanol–water partition coefficient (Wildman–Crippen LogP) is 3.21. The molecule has 2 atom stereocenters. The van der Waals surface area contributed by atoms with Crippen molar-refractivity contribution in [2.75, 3.05) is 11.9 Å². The van der Waals surface area contributed by atoms with Gasteiger partial charge in [-0.3, -0.25) is 4.79 Å². The van der Waals surface area contributed by atoms with Crippen LogP contribution >= 0.6 is 0 Å². The van der Waals surface area contributed by atoms with Crippen molar-refractivity contribution in [2.24, 2.45) is 11.3 Å². The highest BCUT2D eigenvalue weighted by atomic mass is 16.2. The molecule has 2 rings (SSSR count). The standard InChI is InChI=1S/C17H26N2O/c1-12(17(2,3)4)11-18-15-10-9-13-7-5-6-8-14(13)19-16(15)20/h5-8,12,15,18H,9-11H2,1-4H3,(H,19,20). The maximum Gasteiger partial charge on any atom is 0.241 e. The van der Waals surface area contributed by atoms with Gasteiger partial charge in [-0.1, -0.05) is 45.9 Å². The smallest absolute Gasteiger partial charge is 0.241 e. The summed E-state index contributed by atoms with van der Waals surface area (Å²) in [6, 6.07) is 7.98. The molecule has 1 aliphatic rings. The monoisotopic (exact) mass is 274 g/mol. The van der Waals surface area contributed by atoms with Crippen molar-refractivity contribution in [1.82, 2.24) is 5.32 Å². The topological polar surface area (TPSA) is 41.1 Å². The third kappa shape index (κ3) is 3.60. The molecular formula is C17H26N2O. The van der Waals surface area contributed by atoms with Crippen molar-refractivity contribution >= 4 is 11.6 Å². The summed E-state index contributed by atoms with van der Waals surface area (Å²) in [7, 11) is 0. The number of hydrogen-bond acceptors (Lipinski definition) is 2. The summed E-state index contributed by atoms with van der Waals surface area (Å²) in [4.78, 5) is 12.3. The van der Waals surface area contributed by atoms with E-state index >= 15 is 0 Å². The Balaban J connectivity index is 1.97. The van der Waals surface area contributed by atoms with Crippen LogP contribution in [0, 0.1) is 11.3 Å². The molecule has 0 aromatic heterocycles. The number of carbonyl (C=O) groups is 1. The van der Waals surface area contributed by atoms with Crippen LogP contribution in [0.3, 0.4) is 0 Å². The van der Waals surface area contributed by atoms with E-state index in [2.05, 4.69) is 44.4 Å². The van der Waals surface area contributed by atoms with E-state index in [1.54, 1.807) is 0 Å². The molecule has 0 fully saturated rings. The average molecular weight is 274 g/mol. The lowest BCUT2D eigenvalue weighted by atomic mass is 9.82. The van der Waals surface area contributed by atoms with Gasteiger partial charge in [-0.2, -0.15) is 0 Å². The molecule has 20 heavy (non-hydrogen) atoms. The first-order valence-corrected chi connectivity index (χ1v) is 7.50. The predicted molar refractivity (Wildman–Crippen MR) is 83.8 cm³/mol. The normalized spacial score (nSPS) is 20.8. The lowest BCUT2D eigenvalue weighted by molar-refractivity contribution is -0.118. The third-order valence-corrected chi connectivity index (χ3v) is 4.44. The molecule has 3 nitrogen and oxygen atoms in total. The van der Waals surface area contributed by atoms with Gasteiger partial charge >= 0.3 is 0 Å². The summed E-state index contributed by atoms with van der Waals surface area (Å²) in [6.45, 7) is 9.82. The zero-order valence-corrected chi connectivity index (χ0v) is 13.0. The Morgan fingerprint density at radius 1 is 1.35 bits per heavy atom. The van der Waals surface area contributed by atoms with Crippen molar-refractivity contribution in [3.63, 3.8) is 0 Å². The first-order valence-electron chi connectivity index (χ1n) is 7.50. The molecule has 0 radical (unpaired) electrons. The number of para-hydroxylation sites is 1. The highest BCUT2D eigenvalue weighted by molar-refractivity contribution is 5.96. The molecule has 1 aromatic rings. The second kappa shape index (κ2) is 5.96. The first-order chi connectivity index (χ1) is 9.38. The van der Waals surface area contributed by atoms with Gasteiger partial charge in [0.05, 0.1) is 6.04 Å². The Kier molecular flexibility index (Phi) is 4.48. The summed E-state index contributed by atoms with van der Waals surface area (Å²) < 4.78 is 0. The van der Waals surface area contributed by atoms with Gasteiger partial charge in [0, 0.05) is 5.69 Å². The van der Waals surface area contributed by atoms with Gasteiger partial charge in [-0.15, -0.1) is 0 Å². The quantitative estimate of drug-likeness (QED) is 0.888. The highest BCUT2D eigenvalue weighted by Crippen LogP contribution is 2.25. The molecule has 1 amide bonds. The number of aryl methyl sites for hydroxylation is 1. The minimum atomic E-state index is -0.0906. The number of anilines is 1. The fourth-order valence-corrected chi connectivity index (χ4v) is 2.33. The van der Waals surface area contributed by atoms with Gasteiger partial charge in [0.2, 0.25) is 5.91 Å². The Morgan fingerprint density at radius 3 is 2.75 bits per heavy atom. The van der Waals surface area contributed by atoms with Crippen LogP contribution in [-0.4, -0.2) is 18.5 Å². The van der Waals surface area contributed by atoms with Crippen LogP contribution in [0.15, 0.2) is 24.3 Å². The van der Waals surface area contributed by atoms with E-state index in [9.17, 15) is 4.79 Å². The Morgan fingerprint density at radius 2 is 2.05 bits per heavy atom. The fourth-order valence-electron chi connectivity index (χ4n) is 2.33. The van der Waals surface area contributed by atoms with E-state index in [1.807, 2.05) is 18.2 Å². The molecule has 0 bridgehead atoms. The molecule has 1 heterocycles. The maximum absolute atomic E-state index is 12.3. The number of hydrogen-bond donors (Lipinski definition) is 2. The van der Waals surface area contributed by atoms with Crippen LogP contribution in [0.1, 0.15) is 39.7 Å². The third-order valence-electron chi connectivity index (χ3n) is 4.44. The average Bonchev–Trinajstić information content (AvgIpc) is 2.53. The van der Waals surface area contributed by atoms with E-state index in [0.29, 0.717) is 5.92 Å². The van der Waals surface area contributed by atoms with Crippen molar-refractivity contribution in [3.8, 4) is 0 Å². The van der Waals surface area contributed by atoms with Crippen LogP contribution in [0.5, 0.6) is 0 Å². The Hall–Kier alpha value is -1.35. The molecule has 0 aliphatic carbocycles. The molecule has 0 saturated carbocycles. The highest BCUT2D eigenvalue weighted by Gasteiger charge is 2.25. The molecule has 3 heteroatoms. The molecule has 2 N–H and O–H groups in total. The van der Waals surface area contributed by atoms with Gasteiger partial charge < -0.3 is 10.6 Å². The molecule has 2 unspecified atom stereocenters. The van der Waals surface area contributed by atoms with E-state index in [4.69, 9.17) is 0 Å². The van der Waals surface area contributed by atoms with Gasteiger partial charge in [0.25, 0.3) is 0 Å². The number of benzene rings is 1. The minimum absolute atomic E-state index is 0.0906. The Bertz CT molecular complexity index is 476. The van der Waals surface area contributed by atoms with Gasteiger partial charge in [-0.25, -0.2) is 0 Å². The lowest BCUT2D eigenvalue weighted by Gasteiger charge is -2.29. The first kappa shape index (κ1) is 15.0. The largest absolute Gasteiger partial charge is 0.324 e. The zero-order chi connectivity index (χ0) is 14.8. The SMILES string of the molecule is CC(CNC1CCc2ccccc2NC1=O)C(C)(C)C. The number of carbonyl (C=O) groups excluding carboxylic acids is 1. The van der Waals surface area contributed by atoms with Crippen molar-refractivity contribution in [1.29, 1.82) is 0 Å². The van der Waals surface area contributed by atoms with Crippen LogP contribution in [0.4, 0.5) is 5.69 Å². The van der Waals surface area contributed by atoms with Crippen molar-refractivity contribution in [3.05, 3.63) is 29.8 Å². The maximum atomic E-state index is 12.3. The summed E-state index contributed by atoms with van der Waals surface area (Å²) in [5.74, 6) is 0.622. The summed E-state index contributed by atoms with van der Waals surface area (Å²) in [5, 5.41) is 6.47. The molecule has 1 aromatic carbocycles. The van der Waals surface area contributed by atoms with Gasteiger partial charge in [0.1, 0.15) is 0 Å². The van der Waals surface area contributed by atoms with E-state index in [-0.39, 0.29) is 17.4 Å². The fraction of sp³-hybridized carbons (Fsp3) is 0.588. The van der Waals surface area contributed by atoms with E-state index < -0.39 is 0 Å². The number of nitrogens with one attached hydrogen (secondary N) is 2. The summed E-state index contributed by atoms with van der Waals surface area (Å²) in [5.41, 5.74) is 2.46. The second-order valence-corrected chi connectivity index (χ2v) is 6.91. The minimum Gasteiger partial charge on any atom is -0.324 e. The van der Waals surface area contributed by atoms with Crippen LogP contribution in [-0.2, 0) is 11.2 Å². The van der Waals surface area contributed by atoms with Crippen LogP contribution in [0.25, 0.3) is 0 Å². The van der Waals surface area contributed by atoms with Crippen LogP contribution < -0.4 is 10.6 Å². The van der Waals surface area contributed by atoms with Gasteiger partial charge in [-0.05, 0) is 42.3 Å². The molecule has 0 saturated heterocycles.